The molecule has 1 fully saturated rings. The Bertz CT molecular complexity index is 1070. The SMILES string of the molecule is C[C@]1(C(=O)NC2CCCC2)Cn2c(nc3ccccc32)C(=O)N1Cc1ccco1. The zero-order chi connectivity index (χ0) is 20.0. The van der Waals surface area contributed by atoms with Crippen LogP contribution in [0.5, 0.6) is 0 Å². The second-order valence-corrected chi connectivity index (χ2v) is 8.21. The third-order valence-corrected chi connectivity index (χ3v) is 6.23. The predicted molar refractivity (Wildman–Crippen MR) is 107 cm³/mol. The van der Waals surface area contributed by atoms with Gasteiger partial charge >= 0.3 is 0 Å². The van der Waals surface area contributed by atoms with E-state index in [1.54, 1.807) is 17.2 Å². The molecule has 0 radical (unpaired) electrons. The molecular formula is C22H24N4O3. The van der Waals surface area contributed by atoms with E-state index in [-0.39, 0.29) is 24.4 Å². The number of nitrogens with zero attached hydrogens (tertiary/aromatic N) is 3. The van der Waals surface area contributed by atoms with E-state index >= 15 is 0 Å². The first-order chi connectivity index (χ1) is 14.1. The third kappa shape index (κ3) is 2.92. The highest BCUT2D eigenvalue weighted by molar-refractivity contribution is 6.01. The number of furan rings is 1. The molecule has 7 heteroatoms. The highest BCUT2D eigenvalue weighted by Crippen LogP contribution is 2.32. The lowest BCUT2D eigenvalue weighted by molar-refractivity contribution is -0.134. The topological polar surface area (TPSA) is 80.4 Å². The molecule has 29 heavy (non-hydrogen) atoms. The molecule has 2 amide bonds. The fourth-order valence-corrected chi connectivity index (χ4v) is 4.55. The number of hydrogen-bond acceptors (Lipinski definition) is 4. The summed E-state index contributed by atoms with van der Waals surface area (Å²) in [6, 6.07) is 11.4. The molecule has 3 heterocycles. The average Bonchev–Trinajstić information content (AvgIpc) is 3.47. The monoisotopic (exact) mass is 392 g/mol. The lowest BCUT2D eigenvalue weighted by Gasteiger charge is -2.43. The van der Waals surface area contributed by atoms with Crippen molar-refractivity contribution in [2.24, 2.45) is 0 Å². The van der Waals surface area contributed by atoms with Gasteiger partial charge in [0.25, 0.3) is 5.91 Å². The van der Waals surface area contributed by atoms with Crippen molar-refractivity contribution in [3.63, 3.8) is 0 Å². The molecule has 0 spiro atoms. The summed E-state index contributed by atoms with van der Waals surface area (Å²) in [5, 5.41) is 3.19. The number of carbonyl (C=O) groups excluding carboxylic acids is 2. The van der Waals surface area contributed by atoms with Gasteiger partial charge in [-0.15, -0.1) is 0 Å². The van der Waals surface area contributed by atoms with Crippen molar-refractivity contribution >= 4 is 22.8 Å². The summed E-state index contributed by atoms with van der Waals surface area (Å²) < 4.78 is 7.36. The van der Waals surface area contributed by atoms with E-state index in [1.807, 2.05) is 41.8 Å². The Labute approximate surface area is 168 Å². The van der Waals surface area contributed by atoms with E-state index in [4.69, 9.17) is 4.42 Å². The van der Waals surface area contributed by atoms with Crippen molar-refractivity contribution in [3.05, 3.63) is 54.2 Å². The molecule has 1 aliphatic heterocycles. The van der Waals surface area contributed by atoms with Crippen molar-refractivity contribution in [2.75, 3.05) is 0 Å². The number of aromatic nitrogens is 2. The summed E-state index contributed by atoms with van der Waals surface area (Å²) in [6.07, 6.45) is 5.83. The molecule has 1 saturated carbocycles. The minimum absolute atomic E-state index is 0.118. The summed E-state index contributed by atoms with van der Waals surface area (Å²) >= 11 is 0. The van der Waals surface area contributed by atoms with Crippen LogP contribution in [0.2, 0.25) is 0 Å². The number of fused-ring (bicyclic) bond motifs is 3. The smallest absolute Gasteiger partial charge is 0.291 e. The van der Waals surface area contributed by atoms with E-state index in [0.717, 1.165) is 36.7 Å². The highest BCUT2D eigenvalue weighted by Gasteiger charge is 2.49. The molecule has 2 aliphatic rings. The number of para-hydroxylation sites is 2. The van der Waals surface area contributed by atoms with E-state index < -0.39 is 5.54 Å². The van der Waals surface area contributed by atoms with E-state index in [9.17, 15) is 9.59 Å². The van der Waals surface area contributed by atoms with Gasteiger partial charge in [-0.1, -0.05) is 25.0 Å². The summed E-state index contributed by atoms with van der Waals surface area (Å²) in [5.41, 5.74) is 0.589. The minimum Gasteiger partial charge on any atom is -0.467 e. The van der Waals surface area contributed by atoms with Crippen LogP contribution < -0.4 is 5.32 Å². The van der Waals surface area contributed by atoms with Gasteiger partial charge in [0.15, 0.2) is 5.82 Å². The summed E-state index contributed by atoms with van der Waals surface area (Å²) in [7, 11) is 0. The Kier molecular flexibility index (Phi) is 4.19. The zero-order valence-electron chi connectivity index (χ0n) is 16.4. The summed E-state index contributed by atoms with van der Waals surface area (Å²) in [4.78, 5) is 33.1. The van der Waals surface area contributed by atoms with Crippen LogP contribution in [0.1, 0.15) is 49.0 Å². The molecule has 2 aromatic heterocycles. The maximum atomic E-state index is 13.5. The van der Waals surface area contributed by atoms with Crippen LogP contribution in [0.4, 0.5) is 0 Å². The van der Waals surface area contributed by atoms with Crippen LogP contribution in [0.15, 0.2) is 47.1 Å². The van der Waals surface area contributed by atoms with Gasteiger partial charge in [0, 0.05) is 6.04 Å². The molecule has 1 aromatic carbocycles. The Balaban J connectivity index is 1.57. The van der Waals surface area contributed by atoms with E-state index in [1.165, 1.54) is 0 Å². The number of nitrogens with one attached hydrogen (secondary N) is 1. The molecule has 3 aromatic rings. The lowest BCUT2D eigenvalue weighted by Crippen LogP contribution is -2.64. The molecule has 1 N–H and O–H groups in total. The number of benzene rings is 1. The van der Waals surface area contributed by atoms with Crippen LogP contribution in [-0.4, -0.2) is 37.8 Å². The van der Waals surface area contributed by atoms with Crippen molar-refractivity contribution in [3.8, 4) is 0 Å². The number of carbonyl (C=O) groups is 2. The maximum Gasteiger partial charge on any atom is 0.291 e. The van der Waals surface area contributed by atoms with E-state index in [0.29, 0.717) is 18.1 Å². The summed E-state index contributed by atoms with van der Waals surface area (Å²) in [5.74, 6) is 0.632. The van der Waals surface area contributed by atoms with Crippen molar-refractivity contribution < 1.29 is 14.0 Å². The van der Waals surface area contributed by atoms with Gasteiger partial charge < -0.3 is 19.2 Å². The Morgan fingerprint density at radius 3 is 2.79 bits per heavy atom. The average molecular weight is 392 g/mol. The largest absolute Gasteiger partial charge is 0.467 e. The fraction of sp³-hybridized carbons (Fsp3) is 0.409. The molecule has 0 bridgehead atoms. The molecular weight excluding hydrogens is 368 g/mol. The number of rotatable bonds is 4. The fourth-order valence-electron chi connectivity index (χ4n) is 4.55. The molecule has 5 rings (SSSR count). The third-order valence-electron chi connectivity index (χ3n) is 6.23. The Morgan fingerprint density at radius 1 is 1.24 bits per heavy atom. The first-order valence-corrected chi connectivity index (χ1v) is 10.2. The van der Waals surface area contributed by atoms with Crippen molar-refractivity contribution in [1.82, 2.24) is 19.8 Å². The molecule has 1 aliphatic carbocycles. The number of hydrogen-bond donors (Lipinski definition) is 1. The van der Waals surface area contributed by atoms with Crippen LogP contribution in [0.3, 0.4) is 0 Å². The zero-order valence-corrected chi connectivity index (χ0v) is 16.4. The van der Waals surface area contributed by atoms with Gasteiger partial charge in [-0.2, -0.15) is 0 Å². The van der Waals surface area contributed by atoms with Crippen molar-refractivity contribution in [2.45, 2.75) is 57.3 Å². The quantitative estimate of drug-likeness (QED) is 0.740. The van der Waals surface area contributed by atoms with Gasteiger partial charge in [0.05, 0.1) is 30.4 Å². The highest BCUT2D eigenvalue weighted by atomic mass is 16.3. The van der Waals surface area contributed by atoms with Crippen LogP contribution in [0.25, 0.3) is 11.0 Å². The van der Waals surface area contributed by atoms with Gasteiger partial charge in [-0.05, 0) is 44.0 Å². The molecule has 150 valence electrons. The second-order valence-electron chi connectivity index (χ2n) is 8.21. The Hall–Kier alpha value is -3.09. The van der Waals surface area contributed by atoms with Crippen LogP contribution in [0, 0.1) is 0 Å². The lowest BCUT2D eigenvalue weighted by atomic mass is 9.94. The van der Waals surface area contributed by atoms with E-state index in [2.05, 4.69) is 10.3 Å². The maximum absolute atomic E-state index is 13.5. The normalized spacial score (nSPS) is 22.2. The standard InChI is InChI=1S/C22H24N4O3/c1-22(21(28)23-15-7-2-3-8-15)14-25-18-11-5-4-10-17(18)24-19(25)20(27)26(22)13-16-9-6-12-29-16/h4-6,9-12,15H,2-3,7-8,13-14H2,1H3,(H,23,28)/t22-/m1/s1. The first-order valence-electron chi connectivity index (χ1n) is 10.2. The molecule has 7 nitrogen and oxygen atoms in total. The van der Waals surface area contributed by atoms with Crippen LogP contribution >= 0.6 is 0 Å². The van der Waals surface area contributed by atoms with Crippen molar-refractivity contribution in [1.29, 1.82) is 0 Å². The second kappa shape index (κ2) is 6.76. The molecule has 0 saturated heterocycles. The molecule has 1 atom stereocenters. The van der Waals surface area contributed by atoms with Gasteiger partial charge in [-0.25, -0.2) is 4.98 Å². The molecule has 0 unspecified atom stereocenters. The number of imidazole rings is 1. The Morgan fingerprint density at radius 2 is 2.03 bits per heavy atom. The van der Waals surface area contributed by atoms with Crippen LogP contribution in [-0.2, 0) is 17.9 Å². The van der Waals surface area contributed by atoms with Gasteiger partial charge in [0.1, 0.15) is 11.3 Å². The summed E-state index contributed by atoms with van der Waals surface area (Å²) in [6.45, 7) is 2.42. The van der Waals surface area contributed by atoms with Gasteiger partial charge in [0.2, 0.25) is 5.91 Å². The number of amides is 2. The predicted octanol–water partition coefficient (Wildman–Crippen LogP) is 3.10. The minimum atomic E-state index is -1.04. The first kappa shape index (κ1) is 18.0. The van der Waals surface area contributed by atoms with Gasteiger partial charge in [-0.3, -0.25) is 9.59 Å².